The number of benzene rings is 2. The van der Waals surface area contributed by atoms with Crippen molar-refractivity contribution in [3.63, 3.8) is 0 Å². The molecule has 0 saturated heterocycles. The molecule has 0 aliphatic carbocycles. The second-order valence-corrected chi connectivity index (χ2v) is 6.49. The minimum atomic E-state index is 0.309. The summed E-state index contributed by atoms with van der Waals surface area (Å²) in [6, 6.07) is 11.0. The highest BCUT2D eigenvalue weighted by molar-refractivity contribution is 7.12. The van der Waals surface area contributed by atoms with Crippen LogP contribution in [0.3, 0.4) is 0 Å². The maximum Gasteiger partial charge on any atom is 0.203 e. The lowest BCUT2D eigenvalue weighted by atomic mass is 10.1. The highest BCUT2D eigenvalue weighted by Crippen LogP contribution is 2.39. The average molecular weight is 400 g/mol. The van der Waals surface area contributed by atoms with E-state index in [1.165, 1.54) is 32.7 Å². The van der Waals surface area contributed by atoms with Crippen molar-refractivity contribution in [3.8, 4) is 34.3 Å². The SMILES string of the molecule is COc1ccc(-c2csc(C(=NO)c3cc(OC)c(OC)c(OC)c3)n2)cc1. The van der Waals surface area contributed by atoms with Crippen molar-refractivity contribution in [2.45, 2.75) is 0 Å². The molecule has 7 nitrogen and oxygen atoms in total. The lowest BCUT2D eigenvalue weighted by Gasteiger charge is -2.14. The molecule has 3 aromatic rings. The Labute approximate surface area is 166 Å². The molecule has 0 unspecified atom stereocenters. The normalized spacial score (nSPS) is 11.2. The Bertz CT molecular complexity index is 958. The predicted molar refractivity (Wildman–Crippen MR) is 108 cm³/mol. The van der Waals surface area contributed by atoms with Crippen LogP contribution >= 0.6 is 11.3 Å². The van der Waals surface area contributed by atoms with E-state index >= 15 is 0 Å². The molecule has 0 bridgehead atoms. The van der Waals surface area contributed by atoms with Gasteiger partial charge in [0.05, 0.1) is 34.1 Å². The van der Waals surface area contributed by atoms with Crippen LogP contribution in [0.25, 0.3) is 11.3 Å². The van der Waals surface area contributed by atoms with Gasteiger partial charge in [0.25, 0.3) is 0 Å². The summed E-state index contributed by atoms with van der Waals surface area (Å²) < 4.78 is 21.3. The molecule has 3 rings (SSSR count). The molecular formula is C20H20N2O5S. The van der Waals surface area contributed by atoms with Crippen LogP contribution in [0.4, 0.5) is 0 Å². The third-order valence-electron chi connectivity index (χ3n) is 4.13. The minimum Gasteiger partial charge on any atom is -0.497 e. The number of thiazole rings is 1. The third-order valence-corrected chi connectivity index (χ3v) is 4.98. The van der Waals surface area contributed by atoms with Crippen molar-refractivity contribution in [2.24, 2.45) is 5.16 Å². The fourth-order valence-corrected chi connectivity index (χ4v) is 3.55. The number of nitrogens with zero attached hydrogens (tertiary/aromatic N) is 2. The van der Waals surface area contributed by atoms with Crippen molar-refractivity contribution in [1.82, 2.24) is 4.98 Å². The second-order valence-electron chi connectivity index (χ2n) is 5.63. The van der Waals surface area contributed by atoms with Crippen LogP contribution in [0.5, 0.6) is 23.0 Å². The van der Waals surface area contributed by atoms with Crippen LogP contribution in [-0.4, -0.2) is 44.3 Å². The Morgan fingerprint density at radius 1 is 0.929 bits per heavy atom. The number of hydrogen-bond acceptors (Lipinski definition) is 8. The Morgan fingerprint density at radius 2 is 1.57 bits per heavy atom. The predicted octanol–water partition coefficient (Wildman–Crippen LogP) is 4.07. The van der Waals surface area contributed by atoms with E-state index in [2.05, 4.69) is 10.1 Å². The third kappa shape index (κ3) is 3.72. The first-order valence-corrected chi connectivity index (χ1v) is 9.15. The topological polar surface area (TPSA) is 82.4 Å². The smallest absolute Gasteiger partial charge is 0.203 e. The van der Waals surface area contributed by atoms with Crippen molar-refractivity contribution in [3.05, 3.63) is 52.3 Å². The van der Waals surface area contributed by atoms with Gasteiger partial charge < -0.3 is 24.2 Å². The summed E-state index contributed by atoms with van der Waals surface area (Å²) in [6.45, 7) is 0. The van der Waals surface area contributed by atoms with Gasteiger partial charge in [-0.05, 0) is 36.4 Å². The summed E-state index contributed by atoms with van der Waals surface area (Å²) in [5, 5.41) is 15.6. The standard InChI is InChI=1S/C20H20N2O5S/c1-24-14-7-5-12(6-8-14)15-11-28-20(21-15)18(22-23)13-9-16(25-2)19(27-4)17(10-13)26-3/h5-11,23H,1-4H3. The van der Waals surface area contributed by atoms with Gasteiger partial charge in [-0.25, -0.2) is 4.98 Å². The molecule has 0 saturated carbocycles. The second kappa shape index (κ2) is 8.62. The van der Waals surface area contributed by atoms with Crippen molar-refractivity contribution < 1.29 is 24.2 Å². The van der Waals surface area contributed by atoms with E-state index in [1.807, 2.05) is 29.6 Å². The van der Waals surface area contributed by atoms with Crippen molar-refractivity contribution in [1.29, 1.82) is 0 Å². The zero-order chi connectivity index (χ0) is 20.1. The van der Waals surface area contributed by atoms with Crippen LogP contribution in [0, 0.1) is 0 Å². The zero-order valence-corrected chi connectivity index (χ0v) is 16.7. The number of ether oxygens (including phenoxy) is 4. The summed E-state index contributed by atoms with van der Waals surface area (Å²) in [7, 11) is 6.21. The van der Waals surface area contributed by atoms with Crippen LogP contribution in [-0.2, 0) is 0 Å². The number of rotatable bonds is 7. The molecule has 0 amide bonds. The highest BCUT2D eigenvalue weighted by atomic mass is 32.1. The largest absolute Gasteiger partial charge is 0.497 e. The van der Waals surface area contributed by atoms with E-state index in [4.69, 9.17) is 18.9 Å². The van der Waals surface area contributed by atoms with Gasteiger partial charge in [0.1, 0.15) is 16.5 Å². The van der Waals surface area contributed by atoms with E-state index in [0.717, 1.165) is 17.0 Å². The summed E-state index contributed by atoms with van der Waals surface area (Å²) >= 11 is 1.37. The van der Waals surface area contributed by atoms with Gasteiger partial charge in [0, 0.05) is 16.5 Å². The van der Waals surface area contributed by atoms with Crippen LogP contribution in [0.2, 0.25) is 0 Å². The van der Waals surface area contributed by atoms with E-state index in [0.29, 0.717) is 33.5 Å². The first kappa shape index (κ1) is 19.5. The van der Waals surface area contributed by atoms with E-state index < -0.39 is 0 Å². The Balaban J connectivity index is 2.00. The van der Waals surface area contributed by atoms with Gasteiger partial charge in [0.2, 0.25) is 5.75 Å². The van der Waals surface area contributed by atoms with Crippen LogP contribution in [0.1, 0.15) is 10.6 Å². The van der Waals surface area contributed by atoms with Gasteiger partial charge in [-0.2, -0.15) is 0 Å². The van der Waals surface area contributed by atoms with Crippen LogP contribution < -0.4 is 18.9 Å². The average Bonchev–Trinajstić information content (AvgIpc) is 3.23. The minimum absolute atomic E-state index is 0.309. The molecule has 0 aliphatic rings. The highest BCUT2D eigenvalue weighted by Gasteiger charge is 2.19. The molecule has 0 aliphatic heterocycles. The quantitative estimate of drug-likeness (QED) is 0.366. The monoisotopic (exact) mass is 400 g/mol. The molecular weight excluding hydrogens is 380 g/mol. The van der Waals surface area contributed by atoms with E-state index in [1.54, 1.807) is 19.2 Å². The summed E-state index contributed by atoms with van der Waals surface area (Å²) in [5.74, 6) is 2.16. The molecule has 1 aromatic heterocycles. The lowest BCUT2D eigenvalue weighted by Crippen LogP contribution is -2.05. The number of oxime groups is 1. The molecule has 1 N–H and O–H groups in total. The molecule has 2 aromatic carbocycles. The Morgan fingerprint density at radius 3 is 2.07 bits per heavy atom. The molecule has 146 valence electrons. The van der Waals surface area contributed by atoms with Gasteiger partial charge in [-0.15, -0.1) is 11.3 Å². The first-order chi connectivity index (χ1) is 13.6. The number of aromatic nitrogens is 1. The molecule has 8 heteroatoms. The molecule has 1 heterocycles. The summed E-state index contributed by atoms with van der Waals surface area (Å²) in [4.78, 5) is 4.61. The summed E-state index contributed by atoms with van der Waals surface area (Å²) in [5.41, 5.74) is 2.61. The lowest BCUT2D eigenvalue weighted by molar-refractivity contribution is 0.318. The number of hydrogen-bond donors (Lipinski definition) is 1. The first-order valence-electron chi connectivity index (χ1n) is 8.27. The summed E-state index contributed by atoms with van der Waals surface area (Å²) in [6.07, 6.45) is 0. The van der Waals surface area contributed by atoms with E-state index in [-0.39, 0.29) is 0 Å². The van der Waals surface area contributed by atoms with Gasteiger partial charge in [-0.1, -0.05) is 5.16 Å². The van der Waals surface area contributed by atoms with Gasteiger partial charge >= 0.3 is 0 Å². The van der Waals surface area contributed by atoms with Crippen molar-refractivity contribution >= 4 is 17.0 Å². The number of methoxy groups -OCH3 is 4. The maximum atomic E-state index is 9.66. The zero-order valence-electron chi connectivity index (χ0n) is 15.9. The molecule has 0 radical (unpaired) electrons. The van der Waals surface area contributed by atoms with E-state index in [9.17, 15) is 5.21 Å². The molecule has 28 heavy (non-hydrogen) atoms. The molecule has 0 fully saturated rings. The fourth-order valence-electron chi connectivity index (χ4n) is 2.72. The van der Waals surface area contributed by atoms with Crippen molar-refractivity contribution in [2.75, 3.05) is 28.4 Å². The maximum absolute atomic E-state index is 9.66. The van der Waals surface area contributed by atoms with Gasteiger partial charge in [0.15, 0.2) is 11.5 Å². The van der Waals surface area contributed by atoms with Crippen LogP contribution in [0.15, 0.2) is 46.9 Å². The Kier molecular flexibility index (Phi) is 6.00. The molecule has 0 spiro atoms. The Hall–Kier alpha value is -3.26. The van der Waals surface area contributed by atoms with Gasteiger partial charge in [-0.3, -0.25) is 0 Å². The fraction of sp³-hybridized carbons (Fsp3) is 0.200. The molecule has 0 atom stereocenters.